The maximum Gasteiger partial charge on any atom is 0.225 e. The van der Waals surface area contributed by atoms with Crippen LogP contribution in [-0.2, 0) is 11.3 Å². The zero-order valence-electron chi connectivity index (χ0n) is 18.8. The summed E-state index contributed by atoms with van der Waals surface area (Å²) in [5.74, 6) is 1.11. The zero-order valence-corrected chi connectivity index (χ0v) is 18.8. The number of nitrogens with one attached hydrogen (secondary N) is 1. The number of amides is 1. The molecule has 174 valence electrons. The first-order valence-corrected chi connectivity index (χ1v) is 11.2. The highest BCUT2D eigenvalue weighted by Gasteiger charge is 2.28. The van der Waals surface area contributed by atoms with E-state index in [1.54, 1.807) is 23.9 Å². The van der Waals surface area contributed by atoms with Crippen molar-refractivity contribution in [3.05, 3.63) is 72.4 Å². The van der Waals surface area contributed by atoms with Crippen LogP contribution in [0.3, 0.4) is 0 Å². The molecule has 1 amide bonds. The predicted octanol–water partition coefficient (Wildman–Crippen LogP) is 3.50. The van der Waals surface area contributed by atoms with Gasteiger partial charge in [-0.1, -0.05) is 12.1 Å². The van der Waals surface area contributed by atoms with Crippen LogP contribution in [0.15, 0.2) is 61.1 Å². The molecule has 0 saturated carbocycles. The number of piperidine rings is 1. The fourth-order valence-corrected chi connectivity index (χ4v) is 4.30. The largest absolute Gasteiger partial charge is 0.497 e. The van der Waals surface area contributed by atoms with Crippen LogP contribution in [0, 0.1) is 11.7 Å². The molecule has 1 saturated heterocycles. The molecular weight excluding hydrogens is 435 g/mol. The number of hydrogen-bond acceptors (Lipinski definition) is 6. The van der Waals surface area contributed by atoms with Crippen molar-refractivity contribution < 1.29 is 13.9 Å². The van der Waals surface area contributed by atoms with Gasteiger partial charge in [-0.3, -0.25) is 4.79 Å². The fourth-order valence-electron chi connectivity index (χ4n) is 4.30. The number of carbonyl (C=O) groups is 1. The van der Waals surface area contributed by atoms with E-state index in [-0.39, 0.29) is 17.6 Å². The Morgan fingerprint density at radius 1 is 1.21 bits per heavy atom. The summed E-state index contributed by atoms with van der Waals surface area (Å²) in [6.07, 6.45) is 5.05. The molecule has 0 radical (unpaired) electrons. The van der Waals surface area contributed by atoms with Crippen LogP contribution < -0.4 is 15.0 Å². The molecule has 8 nitrogen and oxygen atoms in total. The molecule has 1 aliphatic heterocycles. The quantitative estimate of drug-likeness (QED) is 0.474. The van der Waals surface area contributed by atoms with E-state index < -0.39 is 0 Å². The molecule has 5 rings (SSSR count). The average molecular weight is 461 g/mol. The van der Waals surface area contributed by atoms with Gasteiger partial charge in [-0.2, -0.15) is 0 Å². The summed E-state index contributed by atoms with van der Waals surface area (Å²) in [7, 11) is 1.63. The van der Waals surface area contributed by atoms with Crippen molar-refractivity contribution in [3.8, 4) is 11.4 Å². The van der Waals surface area contributed by atoms with Gasteiger partial charge in [-0.15, -0.1) is 5.10 Å². The van der Waals surface area contributed by atoms with Crippen molar-refractivity contribution in [2.45, 2.75) is 19.4 Å². The third-order valence-corrected chi connectivity index (χ3v) is 6.08. The van der Waals surface area contributed by atoms with Gasteiger partial charge in [0, 0.05) is 25.8 Å². The van der Waals surface area contributed by atoms with Crippen LogP contribution in [0.5, 0.6) is 5.75 Å². The third-order valence-electron chi connectivity index (χ3n) is 6.08. The third kappa shape index (κ3) is 4.54. The highest BCUT2D eigenvalue weighted by atomic mass is 19.1. The molecular formula is C25H25FN6O2. The minimum Gasteiger partial charge on any atom is -0.497 e. The van der Waals surface area contributed by atoms with Crippen molar-refractivity contribution in [2.24, 2.45) is 5.92 Å². The van der Waals surface area contributed by atoms with Crippen molar-refractivity contribution in [1.82, 2.24) is 25.1 Å². The fraction of sp³-hybridized carbons (Fsp3) is 0.280. The van der Waals surface area contributed by atoms with Crippen LogP contribution in [0.25, 0.3) is 16.7 Å². The van der Waals surface area contributed by atoms with E-state index >= 15 is 0 Å². The van der Waals surface area contributed by atoms with Crippen LogP contribution in [-0.4, -0.2) is 45.9 Å². The normalized spacial score (nSPS) is 15.9. The molecule has 2 aromatic heterocycles. The zero-order chi connectivity index (χ0) is 23.5. The van der Waals surface area contributed by atoms with Gasteiger partial charge < -0.3 is 15.0 Å². The minimum absolute atomic E-state index is 0.0276. The average Bonchev–Trinajstić information content (AvgIpc) is 3.32. The van der Waals surface area contributed by atoms with Gasteiger partial charge in [-0.05, 0) is 54.8 Å². The maximum atomic E-state index is 13.3. The lowest BCUT2D eigenvalue weighted by Gasteiger charge is -2.33. The molecule has 1 atom stereocenters. The van der Waals surface area contributed by atoms with Crippen LogP contribution in [0.4, 0.5) is 10.2 Å². The number of methoxy groups -OCH3 is 1. The lowest BCUT2D eigenvalue weighted by atomic mass is 9.97. The standard InChI is InChI=1S/C25H25FN6O2/c1-34-21-6-2-4-17(12-21)13-27-25(33)18-5-3-11-31(14-18)24-22-15-32(30-23(22)28-16-29-24)20-9-7-19(26)8-10-20/h2,4,6-10,12,15-16,18H,3,5,11,13-14H2,1H3,(H,27,33)/t18-/m1/s1. The maximum absolute atomic E-state index is 13.3. The summed E-state index contributed by atoms with van der Waals surface area (Å²) in [6, 6.07) is 13.8. The van der Waals surface area contributed by atoms with Crippen molar-refractivity contribution >= 4 is 22.8 Å². The first-order chi connectivity index (χ1) is 16.6. The van der Waals surface area contributed by atoms with Crippen LogP contribution in [0.1, 0.15) is 18.4 Å². The van der Waals surface area contributed by atoms with Gasteiger partial charge in [0.2, 0.25) is 5.91 Å². The summed E-state index contributed by atoms with van der Waals surface area (Å²) in [5.41, 5.74) is 2.28. The molecule has 0 aliphatic carbocycles. The number of ether oxygens (including phenoxy) is 1. The number of anilines is 1. The molecule has 0 unspecified atom stereocenters. The molecule has 0 bridgehead atoms. The molecule has 3 heterocycles. The molecule has 1 aliphatic rings. The highest BCUT2D eigenvalue weighted by molar-refractivity contribution is 5.87. The SMILES string of the molecule is COc1cccc(CNC(=O)[C@@H]2CCCN(c3ncnc4nn(-c5ccc(F)cc5)cc34)C2)c1. The Hall–Kier alpha value is -4.01. The summed E-state index contributed by atoms with van der Waals surface area (Å²) in [6.45, 7) is 1.82. The number of nitrogens with zero attached hydrogens (tertiary/aromatic N) is 5. The van der Waals surface area contributed by atoms with E-state index in [4.69, 9.17) is 4.74 Å². The number of halogens is 1. The van der Waals surface area contributed by atoms with Gasteiger partial charge in [0.15, 0.2) is 5.65 Å². The number of aromatic nitrogens is 4. The summed E-state index contributed by atoms with van der Waals surface area (Å²) in [5, 5.41) is 8.38. The van der Waals surface area contributed by atoms with E-state index in [2.05, 4.69) is 25.3 Å². The number of carbonyl (C=O) groups excluding carboxylic acids is 1. The van der Waals surface area contributed by atoms with E-state index in [9.17, 15) is 9.18 Å². The Morgan fingerprint density at radius 3 is 2.88 bits per heavy atom. The smallest absolute Gasteiger partial charge is 0.225 e. The molecule has 4 aromatic rings. The molecule has 2 aromatic carbocycles. The number of rotatable bonds is 6. The second-order valence-corrected chi connectivity index (χ2v) is 8.34. The second-order valence-electron chi connectivity index (χ2n) is 8.34. The van der Waals surface area contributed by atoms with Crippen molar-refractivity contribution in [1.29, 1.82) is 0 Å². The number of benzene rings is 2. The van der Waals surface area contributed by atoms with Gasteiger partial charge in [0.1, 0.15) is 23.7 Å². The lowest BCUT2D eigenvalue weighted by Crippen LogP contribution is -2.43. The summed E-state index contributed by atoms with van der Waals surface area (Å²) >= 11 is 0. The topological polar surface area (TPSA) is 85.2 Å². The van der Waals surface area contributed by atoms with Crippen LogP contribution in [0.2, 0.25) is 0 Å². The number of fused-ring (bicyclic) bond motifs is 1. The predicted molar refractivity (Wildman–Crippen MR) is 126 cm³/mol. The van der Waals surface area contributed by atoms with E-state index in [0.717, 1.165) is 47.6 Å². The number of hydrogen-bond donors (Lipinski definition) is 1. The Balaban J connectivity index is 1.31. The van der Waals surface area contributed by atoms with Crippen molar-refractivity contribution in [3.63, 3.8) is 0 Å². The molecule has 34 heavy (non-hydrogen) atoms. The van der Waals surface area contributed by atoms with Gasteiger partial charge in [0.05, 0.1) is 24.1 Å². The Morgan fingerprint density at radius 2 is 2.06 bits per heavy atom. The second kappa shape index (κ2) is 9.46. The van der Waals surface area contributed by atoms with Gasteiger partial charge in [0.25, 0.3) is 0 Å². The van der Waals surface area contributed by atoms with Crippen molar-refractivity contribution in [2.75, 3.05) is 25.1 Å². The highest BCUT2D eigenvalue weighted by Crippen LogP contribution is 2.28. The lowest BCUT2D eigenvalue weighted by molar-refractivity contribution is -0.125. The van der Waals surface area contributed by atoms with Gasteiger partial charge in [-0.25, -0.2) is 19.0 Å². The summed E-state index contributed by atoms with van der Waals surface area (Å²) < 4.78 is 20.2. The first kappa shape index (κ1) is 21.8. The van der Waals surface area contributed by atoms with Crippen LogP contribution >= 0.6 is 0 Å². The molecule has 1 fully saturated rings. The first-order valence-electron chi connectivity index (χ1n) is 11.2. The van der Waals surface area contributed by atoms with Gasteiger partial charge >= 0.3 is 0 Å². The Bertz CT molecular complexity index is 1310. The molecule has 0 spiro atoms. The van der Waals surface area contributed by atoms with E-state index in [0.29, 0.717) is 18.7 Å². The summed E-state index contributed by atoms with van der Waals surface area (Å²) in [4.78, 5) is 23.9. The minimum atomic E-state index is -0.301. The molecule has 1 N–H and O–H groups in total. The molecule has 9 heteroatoms. The monoisotopic (exact) mass is 460 g/mol. The van der Waals surface area contributed by atoms with E-state index in [1.807, 2.05) is 30.5 Å². The Labute approximate surface area is 196 Å². The van der Waals surface area contributed by atoms with E-state index in [1.165, 1.54) is 18.5 Å². The Kier molecular flexibility index (Phi) is 6.07.